The second-order valence-electron chi connectivity index (χ2n) is 5.11. The number of rotatable bonds is 3. The van der Waals surface area contributed by atoms with E-state index in [-0.39, 0.29) is 6.42 Å². The minimum atomic E-state index is -1.09. The third-order valence-electron chi connectivity index (χ3n) is 3.77. The molecule has 0 bridgehead atoms. The van der Waals surface area contributed by atoms with E-state index in [1.165, 1.54) is 0 Å². The van der Waals surface area contributed by atoms with Crippen LogP contribution in [0.1, 0.15) is 18.1 Å². The molecule has 2 atom stereocenters. The number of hydrogen-bond donors (Lipinski definition) is 2. The molecule has 0 saturated heterocycles. The van der Waals surface area contributed by atoms with Gasteiger partial charge in [-0.1, -0.05) is 48.5 Å². The van der Waals surface area contributed by atoms with Gasteiger partial charge in [-0.05, 0) is 33.2 Å². The van der Waals surface area contributed by atoms with Gasteiger partial charge in [-0.3, -0.25) is 0 Å². The molecular formula is C18H15NO2. The van der Waals surface area contributed by atoms with E-state index in [1.54, 1.807) is 0 Å². The van der Waals surface area contributed by atoms with Crippen molar-refractivity contribution in [3.05, 3.63) is 60.2 Å². The summed E-state index contributed by atoms with van der Waals surface area (Å²) in [6.07, 6.45) is -2.27. The Morgan fingerprint density at radius 3 is 1.95 bits per heavy atom. The van der Waals surface area contributed by atoms with Gasteiger partial charge in [0.05, 0.1) is 18.6 Å². The molecule has 21 heavy (non-hydrogen) atoms. The summed E-state index contributed by atoms with van der Waals surface area (Å²) in [6, 6.07) is 19.5. The lowest BCUT2D eigenvalue weighted by molar-refractivity contribution is 0.0234. The number of hydrogen-bond acceptors (Lipinski definition) is 3. The van der Waals surface area contributed by atoms with E-state index in [0.29, 0.717) is 5.56 Å². The molecule has 104 valence electrons. The lowest BCUT2D eigenvalue weighted by Gasteiger charge is -2.20. The predicted molar refractivity (Wildman–Crippen MR) is 82.7 cm³/mol. The Bertz CT molecular complexity index is 781. The Balaban J connectivity index is 2.32. The van der Waals surface area contributed by atoms with Gasteiger partial charge >= 0.3 is 0 Å². The fraction of sp³-hybridized carbons (Fsp3) is 0.167. The first-order valence-corrected chi connectivity index (χ1v) is 6.86. The Labute approximate surface area is 122 Å². The Morgan fingerprint density at radius 1 is 0.905 bits per heavy atom. The molecular weight excluding hydrogens is 262 g/mol. The average Bonchev–Trinajstić information content (AvgIpc) is 2.52. The molecule has 2 N–H and O–H groups in total. The number of nitrogens with zero attached hydrogens (tertiary/aromatic N) is 1. The van der Waals surface area contributed by atoms with Gasteiger partial charge < -0.3 is 10.2 Å². The highest BCUT2D eigenvalue weighted by atomic mass is 16.3. The second-order valence-corrected chi connectivity index (χ2v) is 5.11. The second kappa shape index (κ2) is 5.53. The summed E-state index contributed by atoms with van der Waals surface area (Å²) in [5.74, 6) is 0. The van der Waals surface area contributed by atoms with Gasteiger partial charge in [0, 0.05) is 0 Å². The van der Waals surface area contributed by atoms with Gasteiger partial charge in [0.15, 0.2) is 0 Å². The highest BCUT2D eigenvalue weighted by molar-refractivity contribution is 6.02. The third kappa shape index (κ3) is 2.36. The van der Waals surface area contributed by atoms with Gasteiger partial charge in [-0.2, -0.15) is 5.26 Å². The van der Waals surface area contributed by atoms with Crippen LogP contribution in [0.15, 0.2) is 54.6 Å². The van der Waals surface area contributed by atoms with Crippen LogP contribution in [0.25, 0.3) is 21.5 Å². The highest BCUT2D eigenvalue weighted by Gasteiger charge is 2.22. The zero-order valence-electron chi connectivity index (χ0n) is 11.4. The SMILES string of the molecule is N#CCC(O)C(O)c1c2ccccc2cc2ccccc12. The van der Waals surface area contributed by atoms with Crippen LogP contribution >= 0.6 is 0 Å². The summed E-state index contributed by atoms with van der Waals surface area (Å²) in [5, 5.41) is 33.1. The summed E-state index contributed by atoms with van der Waals surface area (Å²) in [5.41, 5.74) is 0.687. The fourth-order valence-corrected chi connectivity index (χ4v) is 2.77. The molecule has 0 aliphatic heterocycles. The largest absolute Gasteiger partial charge is 0.389 e. The van der Waals surface area contributed by atoms with Crippen LogP contribution in [-0.2, 0) is 0 Å². The quantitative estimate of drug-likeness (QED) is 0.722. The van der Waals surface area contributed by atoms with Crippen molar-refractivity contribution in [1.82, 2.24) is 0 Å². The third-order valence-corrected chi connectivity index (χ3v) is 3.77. The number of fused-ring (bicyclic) bond motifs is 2. The van der Waals surface area contributed by atoms with Gasteiger partial charge in [0.1, 0.15) is 6.10 Å². The summed E-state index contributed by atoms with van der Waals surface area (Å²) in [4.78, 5) is 0. The van der Waals surface area contributed by atoms with Crippen LogP contribution < -0.4 is 0 Å². The first-order valence-electron chi connectivity index (χ1n) is 6.86. The summed E-state index contributed by atoms with van der Waals surface area (Å²) in [6.45, 7) is 0. The van der Waals surface area contributed by atoms with E-state index < -0.39 is 12.2 Å². The van der Waals surface area contributed by atoms with E-state index in [9.17, 15) is 10.2 Å². The monoisotopic (exact) mass is 277 g/mol. The fourth-order valence-electron chi connectivity index (χ4n) is 2.77. The van der Waals surface area contributed by atoms with Gasteiger partial charge in [-0.15, -0.1) is 0 Å². The van der Waals surface area contributed by atoms with E-state index in [2.05, 4.69) is 6.07 Å². The molecule has 0 aromatic heterocycles. The van der Waals surface area contributed by atoms with Crippen LogP contribution in [0, 0.1) is 11.3 Å². The van der Waals surface area contributed by atoms with Crippen LogP contribution in [0.5, 0.6) is 0 Å². The van der Waals surface area contributed by atoms with Crippen molar-refractivity contribution in [2.75, 3.05) is 0 Å². The van der Waals surface area contributed by atoms with Crippen molar-refractivity contribution in [3.8, 4) is 6.07 Å². The Morgan fingerprint density at radius 2 is 1.43 bits per heavy atom. The van der Waals surface area contributed by atoms with Gasteiger partial charge in [0.2, 0.25) is 0 Å². The van der Waals surface area contributed by atoms with E-state index in [1.807, 2.05) is 54.6 Å². The predicted octanol–water partition coefficient (Wildman–Crippen LogP) is 3.30. The van der Waals surface area contributed by atoms with Crippen LogP contribution in [-0.4, -0.2) is 16.3 Å². The van der Waals surface area contributed by atoms with Gasteiger partial charge in [0.25, 0.3) is 0 Å². The van der Waals surface area contributed by atoms with Crippen LogP contribution in [0.2, 0.25) is 0 Å². The van der Waals surface area contributed by atoms with E-state index >= 15 is 0 Å². The molecule has 2 unspecified atom stereocenters. The van der Waals surface area contributed by atoms with Crippen molar-refractivity contribution >= 4 is 21.5 Å². The standard InChI is InChI=1S/C18H15NO2/c19-10-9-16(20)18(21)17-14-7-3-1-5-12(14)11-13-6-2-4-8-15(13)17/h1-8,11,16,18,20-21H,9H2. The maximum absolute atomic E-state index is 10.5. The molecule has 3 nitrogen and oxygen atoms in total. The van der Waals surface area contributed by atoms with E-state index in [4.69, 9.17) is 5.26 Å². The van der Waals surface area contributed by atoms with Crippen LogP contribution in [0.4, 0.5) is 0 Å². The van der Waals surface area contributed by atoms with Crippen molar-refractivity contribution in [1.29, 1.82) is 5.26 Å². The molecule has 0 amide bonds. The first kappa shape index (κ1) is 13.6. The minimum Gasteiger partial charge on any atom is -0.389 e. The van der Waals surface area contributed by atoms with Crippen molar-refractivity contribution < 1.29 is 10.2 Å². The average molecular weight is 277 g/mol. The molecule has 3 heteroatoms. The number of nitriles is 1. The minimum absolute atomic E-state index is 0.0985. The molecule has 0 spiro atoms. The molecule has 3 aromatic rings. The molecule has 0 aliphatic carbocycles. The first-order chi connectivity index (χ1) is 10.2. The molecule has 3 rings (SSSR count). The molecule has 0 radical (unpaired) electrons. The Kier molecular flexibility index (Phi) is 3.57. The highest BCUT2D eigenvalue weighted by Crippen LogP contribution is 2.34. The summed E-state index contributed by atoms with van der Waals surface area (Å²) < 4.78 is 0. The van der Waals surface area contributed by atoms with E-state index in [0.717, 1.165) is 21.5 Å². The normalized spacial score (nSPS) is 14.0. The molecule has 0 heterocycles. The van der Waals surface area contributed by atoms with Gasteiger partial charge in [-0.25, -0.2) is 0 Å². The zero-order chi connectivity index (χ0) is 14.8. The van der Waals surface area contributed by atoms with Crippen molar-refractivity contribution in [2.24, 2.45) is 0 Å². The van der Waals surface area contributed by atoms with Crippen LogP contribution in [0.3, 0.4) is 0 Å². The maximum atomic E-state index is 10.5. The molecule has 0 aliphatic rings. The number of benzene rings is 3. The smallest absolute Gasteiger partial charge is 0.107 e. The molecule has 3 aromatic carbocycles. The summed E-state index contributed by atoms with van der Waals surface area (Å²) in [7, 11) is 0. The maximum Gasteiger partial charge on any atom is 0.107 e. The molecule has 0 fully saturated rings. The number of aliphatic hydroxyl groups excluding tert-OH is 2. The lowest BCUT2D eigenvalue weighted by Crippen LogP contribution is -2.18. The van der Waals surface area contributed by atoms with Crippen molar-refractivity contribution in [3.63, 3.8) is 0 Å². The molecule has 0 saturated carbocycles. The number of aliphatic hydroxyl groups is 2. The summed E-state index contributed by atoms with van der Waals surface area (Å²) >= 11 is 0. The van der Waals surface area contributed by atoms with Crippen molar-refractivity contribution in [2.45, 2.75) is 18.6 Å². The Hall–Kier alpha value is -2.41. The lowest BCUT2D eigenvalue weighted by atomic mass is 9.91. The topological polar surface area (TPSA) is 64.2 Å². The zero-order valence-corrected chi connectivity index (χ0v) is 11.4.